The Morgan fingerprint density at radius 2 is 2.25 bits per heavy atom. The third kappa shape index (κ3) is 2.30. The third-order valence-corrected chi connectivity index (χ3v) is 2.62. The SMILES string of the molecule is C[C@@H](NC(=O)c1cc(-c2ccco2)on1)c1ncon1. The van der Waals surface area contributed by atoms with Gasteiger partial charge in [0.15, 0.2) is 17.3 Å². The molecule has 3 aromatic heterocycles. The standard InChI is InChI=1S/C12H10N4O4/c1-7(11-13-6-19-16-11)14-12(17)8-5-10(20-15-8)9-3-2-4-18-9/h2-7H,1H3,(H,14,17)/t7-/m1/s1. The van der Waals surface area contributed by atoms with E-state index in [-0.39, 0.29) is 5.69 Å². The van der Waals surface area contributed by atoms with Gasteiger partial charge >= 0.3 is 0 Å². The Labute approximate surface area is 112 Å². The van der Waals surface area contributed by atoms with Gasteiger partial charge in [-0.3, -0.25) is 4.79 Å². The van der Waals surface area contributed by atoms with Crippen LogP contribution in [0.1, 0.15) is 29.3 Å². The minimum Gasteiger partial charge on any atom is -0.461 e. The molecule has 3 rings (SSSR count). The Bertz CT molecular complexity index is 687. The van der Waals surface area contributed by atoms with Gasteiger partial charge < -0.3 is 18.8 Å². The van der Waals surface area contributed by atoms with Gasteiger partial charge in [-0.05, 0) is 19.1 Å². The number of hydrogen-bond donors (Lipinski definition) is 1. The highest BCUT2D eigenvalue weighted by Gasteiger charge is 2.19. The molecule has 0 aromatic carbocycles. The molecular formula is C12H10N4O4. The molecule has 8 heteroatoms. The number of nitrogens with one attached hydrogen (secondary N) is 1. The van der Waals surface area contributed by atoms with Crippen molar-refractivity contribution in [3.05, 3.63) is 42.4 Å². The Kier molecular flexibility index (Phi) is 3.04. The number of nitrogens with zero attached hydrogens (tertiary/aromatic N) is 3. The lowest BCUT2D eigenvalue weighted by atomic mass is 10.2. The molecule has 1 amide bonds. The van der Waals surface area contributed by atoms with E-state index in [0.717, 1.165) is 0 Å². The summed E-state index contributed by atoms with van der Waals surface area (Å²) in [7, 11) is 0. The summed E-state index contributed by atoms with van der Waals surface area (Å²) >= 11 is 0. The van der Waals surface area contributed by atoms with Crippen LogP contribution in [-0.4, -0.2) is 21.2 Å². The van der Waals surface area contributed by atoms with E-state index in [2.05, 4.69) is 25.1 Å². The average Bonchev–Trinajstić information content (AvgIpc) is 3.19. The maximum Gasteiger partial charge on any atom is 0.274 e. The number of hydrogen-bond acceptors (Lipinski definition) is 7. The van der Waals surface area contributed by atoms with Crippen molar-refractivity contribution in [2.24, 2.45) is 0 Å². The molecule has 20 heavy (non-hydrogen) atoms. The van der Waals surface area contributed by atoms with Gasteiger partial charge in [-0.2, -0.15) is 4.98 Å². The van der Waals surface area contributed by atoms with Crippen LogP contribution in [0.25, 0.3) is 11.5 Å². The number of carbonyl (C=O) groups excluding carboxylic acids is 1. The second-order valence-electron chi connectivity index (χ2n) is 4.04. The zero-order valence-corrected chi connectivity index (χ0v) is 10.4. The van der Waals surface area contributed by atoms with Gasteiger partial charge in [-0.1, -0.05) is 10.3 Å². The van der Waals surface area contributed by atoms with Crippen molar-refractivity contribution in [1.29, 1.82) is 0 Å². The molecule has 0 spiro atoms. The summed E-state index contributed by atoms with van der Waals surface area (Å²) in [6.45, 7) is 1.73. The van der Waals surface area contributed by atoms with Crippen LogP contribution in [0.15, 0.2) is 44.3 Å². The summed E-state index contributed by atoms with van der Waals surface area (Å²) in [5.74, 6) is 0.868. The fourth-order valence-electron chi connectivity index (χ4n) is 1.62. The van der Waals surface area contributed by atoms with E-state index in [1.807, 2.05) is 0 Å². The zero-order chi connectivity index (χ0) is 13.9. The van der Waals surface area contributed by atoms with Crippen LogP contribution in [-0.2, 0) is 0 Å². The summed E-state index contributed by atoms with van der Waals surface area (Å²) < 4.78 is 14.8. The van der Waals surface area contributed by atoms with Gasteiger partial charge in [-0.25, -0.2) is 0 Å². The molecule has 102 valence electrons. The van der Waals surface area contributed by atoms with Gasteiger partial charge in [0.1, 0.15) is 0 Å². The molecule has 3 heterocycles. The molecule has 0 saturated carbocycles. The van der Waals surface area contributed by atoms with E-state index in [1.54, 1.807) is 19.1 Å². The van der Waals surface area contributed by atoms with Gasteiger partial charge in [0, 0.05) is 6.07 Å². The Morgan fingerprint density at radius 3 is 2.95 bits per heavy atom. The van der Waals surface area contributed by atoms with Crippen LogP contribution < -0.4 is 5.32 Å². The van der Waals surface area contributed by atoms with Crippen molar-refractivity contribution < 1.29 is 18.3 Å². The normalized spacial score (nSPS) is 12.2. The maximum atomic E-state index is 12.0. The number of amides is 1. The predicted octanol–water partition coefficient (Wildman–Crippen LogP) is 1.81. The summed E-state index contributed by atoms with van der Waals surface area (Å²) in [6, 6.07) is 4.53. The van der Waals surface area contributed by atoms with E-state index >= 15 is 0 Å². The Morgan fingerprint density at radius 1 is 1.35 bits per heavy atom. The Balaban J connectivity index is 1.72. The minimum atomic E-state index is -0.399. The molecule has 1 atom stereocenters. The fourth-order valence-corrected chi connectivity index (χ4v) is 1.62. The smallest absolute Gasteiger partial charge is 0.274 e. The van der Waals surface area contributed by atoms with E-state index in [0.29, 0.717) is 17.3 Å². The quantitative estimate of drug-likeness (QED) is 0.772. The van der Waals surface area contributed by atoms with Crippen LogP contribution in [0.2, 0.25) is 0 Å². The number of rotatable bonds is 4. The summed E-state index contributed by atoms with van der Waals surface area (Å²) in [5.41, 5.74) is 0.145. The van der Waals surface area contributed by atoms with Crippen LogP contribution in [0.3, 0.4) is 0 Å². The van der Waals surface area contributed by atoms with Crippen LogP contribution >= 0.6 is 0 Å². The fraction of sp³-hybridized carbons (Fsp3) is 0.167. The molecule has 8 nitrogen and oxygen atoms in total. The second-order valence-corrected chi connectivity index (χ2v) is 4.04. The summed E-state index contributed by atoms with van der Waals surface area (Å²) in [6.07, 6.45) is 2.71. The lowest BCUT2D eigenvalue weighted by Crippen LogP contribution is -2.27. The van der Waals surface area contributed by atoms with Crippen LogP contribution in [0, 0.1) is 0 Å². The first-order valence-corrected chi connectivity index (χ1v) is 5.82. The van der Waals surface area contributed by atoms with Crippen molar-refractivity contribution in [2.75, 3.05) is 0 Å². The molecule has 0 aliphatic heterocycles. The highest BCUT2D eigenvalue weighted by atomic mass is 16.5. The molecule has 3 aromatic rings. The van der Waals surface area contributed by atoms with Crippen molar-refractivity contribution in [3.8, 4) is 11.5 Å². The van der Waals surface area contributed by atoms with Crippen molar-refractivity contribution in [2.45, 2.75) is 13.0 Å². The zero-order valence-electron chi connectivity index (χ0n) is 10.4. The predicted molar refractivity (Wildman–Crippen MR) is 64.4 cm³/mol. The first-order valence-electron chi connectivity index (χ1n) is 5.82. The van der Waals surface area contributed by atoms with Crippen molar-refractivity contribution >= 4 is 5.91 Å². The Hall–Kier alpha value is -2.90. The summed E-state index contributed by atoms with van der Waals surface area (Å²) in [4.78, 5) is 15.8. The van der Waals surface area contributed by atoms with E-state index < -0.39 is 11.9 Å². The lowest BCUT2D eigenvalue weighted by molar-refractivity contribution is 0.0928. The van der Waals surface area contributed by atoms with Crippen molar-refractivity contribution in [1.82, 2.24) is 20.6 Å². The highest BCUT2D eigenvalue weighted by molar-refractivity contribution is 5.93. The largest absolute Gasteiger partial charge is 0.461 e. The van der Waals surface area contributed by atoms with E-state index in [1.165, 1.54) is 18.7 Å². The van der Waals surface area contributed by atoms with Crippen LogP contribution in [0.4, 0.5) is 0 Å². The van der Waals surface area contributed by atoms with Crippen molar-refractivity contribution in [3.63, 3.8) is 0 Å². The molecule has 0 fully saturated rings. The molecule has 0 bridgehead atoms. The highest BCUT2D eigenvalue weighted by Crippen LogP contribution is 2.20. The third-order valence-electron chi connectivity index (χ3n) is 2.62. The van der Waals surface area contributed by atoms with Gasteiger partial charge in [0.2, 0.25) is 12.2 Å². The molecule has 0 radical (unpaired) electrons. The molecule has 1 N–H and O–H groups in total. The number of furan rings is 1. The molecule has 0 aliphatic carbocycles. The second kappa shape index (κ2) is 5.00. The van der Waals surface area contributed by atoms with Crippen LogP contribution in [0.5, 0.6) is 0 Å². The topological polar surface area (TPSA) is 107 Å². The molecule has 0 aliphatic rings. The number of aromatic nitrogens is 3. The van der Waals surface area contributed by atoms with Gasteiger partial charge in [0.05, 0.1) is 12.3 Å². The summed E-state index contributed by atoms with van der Waals surface area (Å²) in [5, 5.41) is 10.0. The monoisotopic (exact) mass is 274 g/mol. The first-order chi connectivity index (χ1) is 9.74. The molecule has 0 unspecified atom stereocenters. The number of carbonyl (C=O) groups is 1. The lowest BCUT2D eigenvalue weighted by Gasteiger charge is -2.07. The molecular weight excluding hydrogens is 264 g/mol. The van der Waals surface area contributed by atoms with Gasteiger partial charge in [-0.15, -0.1) is 0 Å². The first kappa shape index (κ1) is 12.2. The maximum absolute atomic E-state index is 12.0. The van der Waals surface area contributed by atoms with E-state index in [9.17, 15) is 4.79 Å². The van der Waals surface area contributed by atoms with Gasteiger partial charge in [0.25, 0.3) is 5.91 Å². The average molecular weight is 274 g/mol. The minimum absolute atomic E-state index is 0.145. The van der Waals surface area contributed by atoms with E-state index in [4.69, 9.17) is 8.94 Å². The molecule has 0 saturated heterocycles.